The molecule has 0 heterocycles. The second kappa shape index (κ2) is 11.1. The fourth-order valence-corrected chi connectivity index (χ4v) is 2.72. The van der Waals surface area contributed by atoms with Gasteiger partial charge in [0.1, 0.15) is 0 Å². The van der Waals surface area contributed by atoms with Crippen LogP contribution in [0, 0.1) is 0 Å². The zero-order chi connectivity index (χ0) is 20.4. The quantitative estimate of drug-likeness (QED) is 0.687. The van der Waals surface area contributed by atoms with E-state index in [-0.39, 0.29) is 11.9 Å². The average molecular weight is 383 g/mol. The Kier molecular flexibility index (Phi) is 8.49. The summed E-state index contributed by atoms with van der Waals surface area (Å²) in [5.41, 5.74) is 3.37. The van der Waals surface area contributed by atoms with Crippen LogP contribution < -0.4 is 10.6 Å². The summed E-state index contributed by atoms with van der Waals surface area (Å²) in [6.45, 7) is 8.93. The van der Waals surface area contributed by atoms with Crippen LogP contribution in [0.25, 0.3) is 0 Å². The van der Waals surface area contributed by atoms with Gasteiger partial charge in [-0.2, -0.15) is 0 Å². The molecule has 2 N–H and O–H groups in total. The normalized spacial score (nSPS) is 10.4. The number of nitrogens with one attached hydrogen (secondary N) is 2. The van der Waals surface area contributed by atoms with Crippen LogP contribution in [-0.2, 0) is 17.9 Å². The van der Waals surface area contributed by atoms with Crippen LogP contribution in [0.4, 0.5) is 10.5 Å². The van der Waals surface area contributed by atoms with Crippen molar-refractivity contribution >= 4 is 17.6 Å². The maximum absolute atomic E-state index is 12.3. The zero-order valence-corrected chi connectivity index (χ0v) is 16.8. The first-order valence-electron chi connectivity index (χ1n) is 9.67. The summed E-state index contributed by atoms with van der Waals surface area (Å²) in [5.74, 6) is -0.00575. The standard InChI is InChI=1S/C22H29N3O3/c1-4-25(5-2)21(26)19-11-13-20(14-12-19)24-22(27)23-15-17-7-9-18(10-8-17)16-28-6-3/h7-14H,4-6,15-16H2,1-3H3,(H2,23,24,27). The van der Waals surface area contributed by atoms with Crippen LogP contribution in [0.15, 0.2) is 48.5 Å². The number of nitrogens with zero attached hydrogens (tertiary/aromatic N) is 1. The van der Waals surface area contributed by atoms with Crippen molar-refractivity contribution < 1.29 is 14.3 Å². The molecule has 6 heteroatoms. The Morgan fingerprint density at radius 3 is 2.07 bits per heavy atom. The Balaban J connectivity index is 1.83. The zero-order valence-electron chi connectivity index (χ0n) is 16.8. The Morgan fingerprint density at radius 2 is 1.50 bits per heavy atom. The van der Waals surface area contributed by atoms with E-state index in [1.54, 1.807) is 29.2 Å². The Bertz CT molecular complexity index is 754. The van der Waals surface area contributed by atoms with Gasteiger partial charge in [0.25, 0.3) is 5.91 Å². The minimum absolute atomic E-state index is 0.00575. The minimum atomic E-state index is -0.291. The summed E-state index contributed by atoms with van der Waals surface area (Å²) in [4.78, 5) is 26.2. The van der Waals surface area contributed by atoms with E-state index in [0.717, 1.165) is 11.1 Å². The summed E-state index contributed by atoms with van der Waals surface area (Å²) in [6, 6.07) is 14.6. The van der Waals surface area contributed by atoms with E-state index in [0.29, 0.717) is 44.1 Å². The summed E-state index contributed by atoms with van der Waals surface area (Å²) in [6.07, 6.45) is 0. The molecule has 0 fully saturated rings. The maximum Gasteiger partial charge on any atom is 0.319 e. The summed E-state index contributed by atoms with van der Waals surface area (Å²) in [7, 11) is 0. The molecule has 150 valence electrons. The largest absolute Gasteiger partial charge is 0.377 e. The molecule has 0 aromatic heterocycles. The van der Waals surface area contributed by atoms with E-state index in [2.05, 4.69) is 10.6 Å². The van der Waals surface area contributed by atoms with Gasteiger partial charge < -0.3 is 20.3 Å². The average Bonchev–Trinajstić information content (AvgIpc) is 2.73. The van der Waals surface area contributed by atoms with Gasteiger partial charge in [-0.05, 0) is 56.2 Å². The molecule has 0 saturated heterocycles. The van der Waals surface area contributed by atoms with Crippen LogP contribution in [0.3, 0.4) is 0 Å². The number of benzene rings is 2. The Labute approximate surface area is 166 Å². The summed E-state index contributed by atoms with van der Waals surface area (Å²) >= 11 is 0. The molecular weight excluding hydrogens is 354 g/mol. The van der Waals surface area contributed by atoms with Crippen molar-refractivity contribution in [1.82, 2.24) is 10.2 Å². The molecule has 0 radical (unpaired) electrons. The number of hydrogen-bond donors (Lipinski definition) is 2. The number of carbonyl (C=O) groups excluding carboxylic acids is 2. The van der Waals surface area contributed by atoms with Crippen molar-refractivity contribution in [1.29, 1.82) is 0 Å². The number of rotatable bonds is 9. The van der Waals surface area contributed by atoms with E-state index in [1.807, 2.05) is 45.0 Å². The number of urea groups is 1. The molecule has 0 aliphatic rings. The first-order chi connectivity index (χ1) is 13.6. The van der Waals surface area contributed by atoms with Crippen molar-refractivity contribution in [2.24, 2.45) is 0 Å². The van der Waals surface area contributed by atoms with E-state index in [1.165, 1.54) is 0 Å². The van der Waals surface area contributed by atoms with Gasteiger partial charge in [-0.25, -0.2) is 4.79 Å². The monoisotopic (exact) mass is 383 g/mol. The molecule has 0 unspecified atom stereocenters. The molecule has 0 spiro atoms. The molecule has 2 aromatic rings. The first-order valence-corrected chi connectivity index (χ1v) is 9.67. The SMILES string of the molecule is CCOCc1ccc(CNC(=O)Nc2ccc(C(=O)N(CC)CC)cc2)cc1. The first kappa shape index (κ1) is 21.4. The molecular formula is C22H29N3O3. The van der Waals surface area contributed by atoms with Crippen molar-refractivity contribution in [2.75, 3.05) is 25.0 Å². The lowest BCUT2D eigenvalue weighted by atomic mass is 10.1. The fourth-order valence-electron chi connectivity index (χ4n) is 2.72. The molecule has 3 amide bonds. The third-order valence-electron chi connectivity index (χ3n) is 4.39. The van der Waals surface area contributed by atoms with Gasteiger partial charge in [0.05, 0.1) is 6.61 Å². The van der Waals surface area contributed by atoms with Crippen LogP contribution >= 0.6 is 0 Å². The highest BCUT2D eigenvalue weighted by atomic mass is 16.5. The molecule has 0 bridgehead atoms. The molecule has 0 saturated carbocycles. The van der Waals surface area contributed by atoms with Crippen LogP contribution in [-0.4, -0.2) is 36.5 Å². The van der Waals surface area contributed by atoms with Gasteiger partial charge in [-0.3, -0.25) is 4.79 Å². The van der Waals surface area contributed by atoms with Crippen LogP contribution in [0.1, 0.15) is 42.3 Å². The van der Waals surface area contributed by atoms with Crippen molar-refractivity contribution in [2.45, 2.75) is 33.9 Å². The Morgan fingerprint density at radius 1 is 0.893 bits per heavy atom. The van der Waals surface area contributed by atoms with E-state index in [4.69, 9.17) is 4.74 Å². The lowest BCUT2D eigenvalue weighted by Crippen LogP contribution is -2.30. The van der Waals surface area contributed by atoms with Crippen LogP contribution in [0.2, 0.25) is 0 Å². The molecule has 6 nitrogen and oxygen atoms in total. The third-order valence-corrected chi connectivity index (χ3v) is 4.39. The summed E-state index contributed by atoms with van der Waals surface area (Å²) < 4.78 is 5.37. The van der Waals surface area contributed by atoms with Crippen molar-refractivity contribution in [3.05, 3.63) is 65.2 Å². The fraction of sp³-hybridized carbons (Fsp3) is 0.364. The molecule has 0 aliphatic heterocycles. The minimum Gasteiger partial charge on any atom is -0.377 e. The number of anilines is 1. The van der Waals surface area contributed by atoms with E-state index < -0.39 is 0 Å². The van der Waals surface area contributed by atoms with Gasteiger partial charge in [-0.15, -0.1) is 0 Å². The van der Waals surface area contributed by atoms with E-state index >= 15 is 0 Å². The van der Waals surface area contributed by atoms with Crippen LogP contribution in [0.5, 0.6) is 0 Å². The predicted molar refractivity (Wildman–Crippen MR) is 111 cm³/mol. The number of carbonyl (C=O) groups is 2. The molecule has 2 aromatic carbocycles. The molecule has 28 heavy (non-hydrogen) atoms. The number of amides is 3. The highest BCUT2D eigenvalue weighted by Crippen LogP contribution is 2.12. The second-order valence-electron chi connectivity index (χ2n) is 6.32. The molecule has 0 atom stereocenters. The maximum atomic E-state index is 12.3. The third kappa shape index (κ3) is 6.39. The van der Waals surface area contributed by atoms with Gasteiger partial charge in [0, 0.05) is 37.5 Å². The van der Waals surface area contributed by atoms with Gasteiger partial charge >= 0.3 is 6.03 Å². The number of hydrogen-bond acceptors (Lipinski definition) is 3. The molecule has 2 rings (SSSR count). The molecule has 0 aliphatic carbocycles. The Hall–Kier alpha value is -2.86. The van der Waals surface area contributed by atoms with Crippen molar-refractivity contribution in [3.63, 3.8) is 0 Å². The highest BCUT2D eigenvalue weighted by Gasteiger charge is 2.12. The van der Waals surface area contributed by atoms with E-state index in [9.17, 15) is 9.59 Å². The van der Waals surface area contributed by atoms with Gasteiger partial charge in [-0.1, -0.05) is 24.3 Å². The predicted octanol–water partition coefficient (Wildman–Crippen LogP) is 4.03. The highest BCUT2D eigenvalue weighted by molar-refractivity contribution is 5.95. The van der Waals surface area contributed by atoms with Crippen molar-refractivity contribution in [3.8, 4) is 0 Å². The lowest BCUT2D eigenvalue weighted by Gasteiger charge is -2.18. The van der Waals surface area contributed by atoms with Gasteiger partial charge in [0.15, 0.2) is 0 Å². The second-order valence-corrected chi connectivity index (χ2v) is 6.32. The topological polar surface area (TPSA) is 70.7 Å². The number of ether oxygens (including phenoxy) is 1. The summed E-state index contributed by atoms with van der Waals surface area (Å²) in [5, 5.41) is 5.61. The van der Waals surface area contributed by atoms with Gasteiger partial charge in [0.2, 0.25) is 0 Å². The lowest BCUT2D eigenvalue weighted by molar-refractivity contribution is 0.0773. The smallest absolute Gasteiger partial charge is 0.319 e.